The Bertz CT molecular complexity index is 1660. The van der Waals surface area contributed by atoms with E-state index in [9.17, 15) is 9.90 Å². The minimum absolute atomic E-state index is 0.0834. The van der Waals surface area contributed by atoms with Gasteiger partial charge in [0.05, 0.1) is 5.54 Å². The molecule has 39 heavy (non-hydrogen) atoms. The highest BCUT2D eigenvalue weighted by Crippen LogP contribution is 2.40. The molecule has 4 aromatic rings. The number of anilines is 2. The number of nitrogens with one attached hydrogen (secondary N) is 2. The minimum atomic E-state index is -0.421. The van der Waals surface area contributed by atoms with Gasteiger partial charge in [0.15, 0.2) is 5.82 Å². The number of halogens is 1. The van der Waals surface area contributed by atoms with Crippen LogP contribution in [0.4, 0.5) is 16.2 Å². The number of carbonyl (C=O) groups excluding carboxylic acids is 1. The summed E-state index contributed by atoms with van der Waals surface area (Å²) in [7, 11) is 0. The summed E-state index contributed by atoms with van der Waals surface area (Å²) in [6, 6.07) is 15.5. The first kappa shape index (κ1) is 23.0. The molecule has 4 saturated heterocycles. The molecule has 2 bridgehead atoms. The van der Waals surface area contributed by atoms with E-state index in [2.05, 4.69) is 15.5 Å². The number of fused-ring (bicyclic) bond motifs is 4. The van der Waals surface area contributed by atoms with Crippen LogP contribution in [0.1, 0.15) is 25.7 Å². The van der Waals surface area contributed by atoms with Gasteiger partial charge in [-0.3, -0.25) is 4.79 Å². The zero-order valence-corrected chi connectivity index (χ0v) is 21.5. The van der Waals surface area contributed by atoms with Crippen molar-refractivity contribution in [2.24, 2.45) is 0 Å². The third-order valence-corrected chi connectivity index (χ3v) is 8.93. The van der Waals surface area contributed by atoms with Gasteiger partial charge in [0.2, 0.25) is 11.9 Å². The van der Waals surface area contributed by atoms with Crippen molar-refractivity contribution in [3.05, 3.63) is 54.3 Å². The van der Waals surface area contributed by atoms with Crippen molar-refractivity contribution in [2.45, 2.75) is 43.3 Å². The maximum atomic E-state index is 16.6. The SMILES string of the molecule is O=C1CCC2(CN(c3nc(N4C[C@H]5CC[C@@H](C4)N5)c4ccc(-c5cc(O)cc6ccccc56)c(F)c4n3)C2)N1. The molecule has 1 aromatic heterocycles. The van der Waals surface area contributed by atoms with E-state index in [0.29, 0.717) is 54.1 Å². The van der Waals surface area contributed by atoms with Crippen LogP contribution in [0.5, 0.6) is 5.75 Å². The molecule has 3 N–H and O–H groups in total. The molecular weight excluding hydrogens is 495 g/mol. The average molecular weight is 525 g/mol. The standard InChI is InChI=1S/C30H29FN6O2/c31-26-22(24-12-20(38)11-17-3-1-2-4-21(17)24)7-8-23-27(26)33-29(37-15-30(16-37)10-9-25(39)35-30)34-28(23)36-13-18-5-6-19(14-36)32-18/h1-4,7-8,11-12,18-19,32,38H,5-6,9-10,13-16H2,(H,35,39)/t18-,19+. The van der Waals surface area contributed by atoms with Crippen molar-refractivity contribution in [3.8, 4) is 16.9 Å². The lowest BCUT2D eigenvalue weighted by Crippen LogP contribution is -2.67. The molecule has 0 unspecified atom stereocenters. The number of aromatic nitrogens is 2. The topological polar surface area (TPSA) is 93.6 Å². The summed E-state index contributed by atoms with van der Waals surface area (Å²) < 4.78 is 16.6. The van der Waals surface area contributed by atoms with Crippen molar-refractivity contribution in [1.29, 1.82) is 0 Å². The minimum Gasteiger partial charge on any atom is -0.508 e. The largest absolute Gasteiger partial charge is 0.508 e. The van der Waals surface area contributed by atoms with Crippen molar-refractivity contribution >= 4 is 39.3 Å². The monoisotopic (exact) mass is 524 g/mol. The number of benzene rings is 3. The quantitative estimate of drug-likeness (QED) is 0.376. The van der Waals surface area contributed by atoms with Crippen molar-refractivity contribution < 1.29 is 14.3 Å². The number of rotatable bonds is 3. The first-order valence-corrected chi connectivity index (χ1v) is 13.7. The fourth-order valence-corrected chi connectivity index (χ4v) is 7.05. The first-order valence-electron chi connectivity index (χ1n) is 13.7. The van der Waals surface area contributed by atoms with Crippen LogP contribution in [-0.4, -0.2) is 64.8 Å². The molecule has 9 heteroatoms. The zero-order valence-electron chi connectivity index (χ0n) is 21.5. The summed E-state index contributed by atoms with van der Waals surface area (Å²) in [5.41, 5.74) is 1.07. The maximum absolute atomic E-state index is 16.6. The van der Waals surface area contributed by atoms with Crippen LogP contribution in [0.25, 0.3) is 32.8 Å². The number of phenols is 1. The van der Waals surface area contributed by atoms with E-state index in [0.717, 1.165) is 48.9 Å². The van der Waals surface area contributed by atoms with E-state index in [4.69, 9.17) is 9.97 Å². The number of aromatic hydroxyl groups is 1. The highest BCUT2D eigenvalue weighted by atomic mass is 19.1. The number of nitrogens with zero attached hydrogens (tertiary/aromatic N) is 4. The molecule has 0 aliphatic carbocycles. The van der Waals surface area contributed by atoms with Gasteiger partial charge < -0.3 is 25.5 Å². The van der Waals surface area contributed by atoms with Gasteiger partial charge >= 0.3 is 0 Å². The summed E-state index contributed by atoms with van der Waals surface area (Å²) in [6.45, 7) is 2.88. The fourth-order valence-electron chi connectivity index (χ4n) is 7.05. The number of amides is 1. The number of phenolic OH excluding ortho intramolecular Hbond substituents is 1. The van der Waals surface area contributed by atoms with Crippen LogP contribution in [-0.2, 0) is 4.79 Å². The Morgan fingerprint density at radius 2 is 1.74 bits per heavy atom. The summed E-state index contributed by atoms with van der Waals surface area (Å²) in [5, 5.41) is 19.6. The van der Waals surface area contributed by atoms with E-state index in [1.54, 1.807) is 18.2 Å². The van der Waals surface area contributed by atoms with Crippen molar-refractivity contribution in [2.75, 3.05) is 36.0 Å². The van der Waals surface area contributed by atoms with E-state index in [1.165, 1.54) is 0 Å². The lowest BCUT2D eigenvalue weighted by atomic mass is 9.89. The lowest BCUT2D eigenvalue weighted by Gasteiger charge is -2.48. The van der Waals surface area contributed by atoms with Gasteiger partial charge in [-0.05, 0) is 53.8 Å². The Labute approximate surface area is 224 Å². The normalized spacial score (nSPS) is 23.6. The second-order valence-corrected chi connectivity index (χ2v) is 11.6. The van der Waals surface area contributed by atoms with E-state index in [1.807, 2.05) is 35.2 Å². The number of carbonyl (C=O) groups is 1. The van der Waals surface area contributed by atoms with Crippen molar-refractivity contribution in [3.63, 3.8) is 0 Å². The molecule has 3 aromatic carbocycles. The number of hydrogen-bond donors (Lipinski definition) is 3. The van der Waals surface area contributed by atoms with Gasteiger partial charge in [-0.2, -0.15) is 4.98 Å². The Balaban J connectivity index is 1.28. The van der Waals surface area contributed by atoms with Crippen LogP contribution < -0.4 is 20.4 Å². The van der Waals surface area contributed by atoms with Gasteiger partial charge in [-0.25, -0.2) is 9.37 Å². The molecule has 0 saturated carbocycles. The number of hydrogen-bond acceptors (Lipinski definition) is 7. The maximum Gasteiger partial charge on any atom is 0.228 e. The first-order chi connectivity index (χ1) is 18.9. The van der Waals surface area contributed by atoms with Crippen LogP contribution >= 0.6 is 0 Å². The molecule has 4 aliphatic rings. The molecule has 198 valence electrons. The van der Waals surface area contributed by atoms with Crippen LogP contribution in [0.15, 0.2) is 48.5 Å². The Hall–Kier alpha value is -3.98. The van der Waals surface area contributed by atoms with Crippen molar-refractivity contribution in [1.82, 2.24) is 20.6 Å². The zero-order chi connectivity index (χ0) is 26.3. The molecule has 8 rings (SSSR count). The summed E-state index contributed by atoms with van der Waals surface area (Å²) in [5.74, 6) is 1.01. The fraction of sp³-hybridized carbons (Fsp3) is 0.367. The molecular formula is C30H29FN6O2. The van der Waals surface area contributed by atoms with Gasteiger partial charge in [0.25, 0.3) is 0 Å². The van der Waals surface area contributed by atoms with Crippen LogP contribution in [0.2, 0.25) is 0 Å². The molecule has 1 amide bonds. The Morgan fingerprint density at radius 1 is 0.949 bits per heavy atom. The summed E-state index contributed by atoms with van der Waals surface area (Å²) in [4.78, 5) is 26.0. The molecule has 4 aliphatic heterocycles. The molecule has 8 nitrogen and oxygen atoms in total. The van der Waals surface area contributed by atoms with Crippen LogP contribution in [0.3, 0.4) is 0 Å². The third kappa shape index (κ3) is 3.63. The lowest BCUT2D eigenvalue weighted by molar-refractivity contribution is -0.119. The average Bonchev–Trinajstić information content (AvgIpc) is 3.48. The highest BCUT2D eigenvalue weighted by molar-refractivity contribution is 6.01. The second-order valence-electron chi connectivity index (χ2n) is 11.6. The second kappa shape index (κ2) is 8.26. The molecule has 5 heterocycles. The van der Waals surface area contributed by atoms with E-state index in [-0.39, 0.29) is 22.7 Å². The van der Waals surface area contributed by atoms with Gasteiger partial charge in [0, 0.05) is 55.6 Å². The summed E-state index contributed by atoms with van der Waals surface area (Å²) >= 11 is 0. The Kier molecular flexibility index (Phi) is 4.86. The molecule has 4 fully saturated rings. The third-order valence-electron chi connectivity index (χ3n) is 8.93. The van der Waals surface area contributed by atoms with E-state index >= 15 is 4.39 Å². The number of piperazine rings is 1. The molecule has 1 spiro atoms. The Morgan fingerprint density at radius 3 is 2.51 bits per heavy atom. The van der Waals surface area contributed by atoms with Gasteiger partial charge in [0.1, 0.15) is 17.1 Å². The van der Waals surface area contributed by atoms with Gasteiger partial charge in [-0.1, -0.05) is 30.3 Å². The predicted octanol–water partition coefficient (Wildman–Crippen LogP) is 3.70. The molecule has 0 radical (unpaired) electrons. The highest BCUT2D eigenvalue weighted by Gasteiger charge is 2.49. The molecule has 2 atom stereocenters. The smallest absolute Gasteiger partial charge is 0.228 e. The van der Waals surface area contributed by atoms with Crippen LogP contribution in [0, 0.1) is 5.82 Å². The van der Waals surface area contributed by atoms with E-state index < -0.39 is 5.82 Å². The predicted molar refractivity (Wildman–Crippen MR) is 149 cm³/mol. The van der Waals surface area contributed by atoms with Gasteiger partial charge in [-0.15, -0.1) is 0 Å². The summed E-state index contributed by atoms with van der Waals surface area (Å²) in [6.07, 6.45) is 3.60.